The van der Waals surface area contributed by atoms with Crippen molar-refractivity contribution in [3.63, 3.8) is 0 Å². The minimum Gasteiger partial charge on any atom is -0.507 e. The predicted octanol–water partition coefficient (Wildman–Crippen LogP) is 4.52. The van der Waals surface area contributed by atoms with Crippen molar-refractivity contribution in [2.45, 2.75) is 6.92 Å². The molecular formula is C20H18ClN3O3S. The quantitative estimate of drug-likeness (QED) is 0.421. The third-order valence-corrected chi connectivity index (χ3v) is 5.47. The third kappa shape index (κ3) is 4.27. The topological polar surface area (TPSA) is 96.9 Å². The molecule has 4 N–H and O–H groups in total. The molecule has 0 atom stereocenters. The van der Waals surface area contributed by atoms with Gasteiger partial charge in [0.05, 0.1) is 18.5 Å². The van der Waals surface area contributed by atoms with Gasteiger partial charge in [0.2, 0.25) is 0 Å². The average molecular weight is 416 g/mol. The first-order valence-corrected chi connectivity index (χ1v) is 9.45. The van der Waals surface area contributed by atoms with E-state index in [-0.39, 0.29) is 5.75 Å². The Morgan fingerprint density at radius 2 is 1.93 bits per heavy atom. The second kappa shape index (κ2) is 8.33. The smallest absolute Gasteiger partial charge is 0.283 e. The molecule has 0 saturated heterocycles. The van der Waals surface area contributed by atoms with Crippen molar-refractivity contribution in [2.24, 2.45) is 5.10 Å². The summed E-state index contributed by atoms with van der Waals surface area (Å²) in [5.41, 5.74) is 10.7. The molecule has 0 aliphatic rings. The molecule has 0 spiro atoms. The Balaban J connectivity index is 1.80. The summed E-state index contributed by atoms with van der Waals surface area (Å²) in [6.07, 6.45) is 0. The van der Waals surface area contributed by atoms with Crippen LogP contribution in [0.4, 0.5) is 5.69 Å². The fourth-order valence-corrected chi connectivity index (χ4v) is 3.62. The molecule has 0 aliphatic heterocycles. The van der Waals surface area contributed by atoms with Crippen molar-refractivity contribution in [2.75, 3.05) is 12.8 Å². The molecule has 28 heavy (non-hydrogen) atoms. The second-order valence-electron chi connectivity index (χ2n) is 5.92. The Kier molecular flexibility index (Phi) is 5.87. The number of anilines is 1. The molecule has 0 saturated carbocycles. The zero-order valence-electron chi connectivity index (χ0n) is 15.2. The van der Waals surface area contributed by atoms with Gasteiger partial charge in [0.15, 0.2) is 0 Å². The summed E-state index contributed by atoms with van der Waals surface area (Å²) in [5, 5.41) is 14.7. The molecule has 2 aromatic carbocycles. The molecule has 3 rings (SSSR count). The van der Waals surface area contributed by atoms with Crippen LogP contribution < -0.4 is 15.9 Å². The summed E-state index contributed by atoms with van der Waals surface area (Å²) in [7, 11) is 1.53. The summed E-state index contributed by atoms with van der Waals surface area (Å²) in [5.74, 6) is 0.185. The van der Waals surface area contributed by atoms with Crippen LogP contribution >= 0.6 is 22.9 Å². The Bertz CT molecular complexity index is 1050. The minimum atomic E-state index is -0.426. The second-order valence-corrected chi connectivity index (χ2v) is 7.41. The van der Waals surface area contributed by atoms with Crippen molar-refractivity contribution in [1.29, 1.82) is 0 Å². The number of carbonyl (C=O) groups is 1. The van der Waals surface area contributed by atoms with Crippen LogP contribution in [0.5, 0.6) is 11.5 Å². The maximum atomic E-state index is 12.5. The van der Waals surface area contributed by atoms with E-state index in [2.05, 4.69) is 10.5 Å². The summed E-state index contributed by atoms with van der Waals surface area (Å²) >= 11 is 7.18. The molecule has 3 aromatic rings. The maximum Gasteiger partial charge on any atom is 0.283 e. The monoisotopic (exact) mass is 415 g/mol. The summed E-state index contributed by atoms with van der Waals surface area (Å²) in [4.78, 5) is 13.7. The molecule has 0 radical (unpaired) electrons. The number of nitrogens with zero attached hydrogens (tertiary/aromatic N) is 1. The highest BCUT2D eigenvalue weighted by Crippen LogP contribution is 2.33. The van der Waals surface area contributed by atoms with Crippen molar-refractivity contribution >= 4 is 40.2 Å². The Hall–Kier alpha value is -3.03. The molecule has 1 amide bonds. The van der Waals surface area contributed by atoms with Gasteiger partial charge < -0.3 is 15.6 Å². The SMILES string of the molecule is COc1ccc(O)c(/C(C)=N/NC(=O)c2sc(-c3ccc(Cl)cc3)cc2N)c1. The fraction of sp³-hybridized carbons (Fsp3) is 0.100. The number of halogens is 1. The lowest BCUT2D eigenvalue weighted by Crippen LogP contribution is -2.19. The van der Waals surface area contributed by atoms with E-state index in [9.17, 15) is 9.90 Å². The van der Waals surface area contributed by atoms with Gasteiger partial charge in [-0.2, -0.15) is 5.10 Å². The van der Waals surface area contributed by atoms with Crippen LogP contribution in [0.15, 0.2) is 53.6 Å². The standard InChI is InChI=1S/C20H18ClN3O3S/c1-11(15-9-14(27-2)7-8-17(15)25)23-24-20(26)19-16(22)10-18(28-19)12-3-5-13(21)6-4-12/h3-10,25H,22H2,1-2H3,(H,24,26)/b23-11+. The number of nitrogen functional groups attached to an aromatic ring is 1. The van der Waals surface area contributed by atoms with E-state index < -0.39 is 5.91 Å². The van der Waals surface area contributed by atoms with Gasteiger partial charge in [-0.1, -0.05) is 23.7 Å². The highest BCUT2D eigenvalue weighted by molar-refractivity contribution is 7.18. The third-order valence-electron chi connectivity index (χ3n) is 4.01. The van der Waals surface area contributed by atoms with Crippen LogP contribution in [0.1, 0.15) is 22.2 Å². The number of hydrogen-bond acceptors (Lipinski definition) is 6. The van der Waals surface area contributed by atoms with Gasteiger partial charge in [-0.3, -0.25) is 4.79 Å². The normalized spacial score (nSPS) is 11.3. The molecule has 0 fully saturated rings. The number of amides is 1. The number of methoxy groups -OCH3 is 1. The highest BCUT2D eigenvalue weighted by Gasteiger charge is 2.16. The first kappa shape index (κ1) is 19.7. The summed E-state index contributed by atoms with van der Waals surface area (Å²) in [6, 6.07) is 13.8. The molecule has 8 heteroatoms. The van der Waals surface area contributed by atoms with Crippen molar-refractivity contribution < 1.29 is 14.6 Å². The molecule has 0 bridgehead atoms. The fourth-order valence-electron chi connectivity index (χ4n) is 2.52. The lowest BCUT2D eigenvalue weighted by Gasteiger charge is -2.07. The molecule has 1 aromatic heterocycles. The van der Waals surface area contributed by atoms with E-state index in [0.29, 0.717) is 32.6 Å². The Morgan fingerprint density at radius 1 is 1.21 bits per heavy atom. The van der Waals surface area contributed by atoms with E-state index >= 15 is 0 Å². The zero-order valence-corrected chi connectivity index (χ0v) is 16.8. The van der Waals surface area contributed by atoms with Gasteiger partial charge in [0.1, 0.15) is 16.4 Å². The van der Waals surface area contributed by atoms with Crippen LogP contribution in [0, 0.1) is 0 Å². The van der Waals surface area contributed by atoms with Crippen LogP contribution in [0.25, 0.3) is 10.4 Å². The number of nitrogens with one attached hydrogen (secondary N) is 1. The molecule has 1 heterocycles. The number of hydrazone groups is 1. The minimum absolute atomic E-state index is 0.0389. The highest BCUT2D eigenvalue weighted by atomic mass is 35.5. The molecule has 0 unspecified atom stereocenters. The number of benzene rings is 2. The van der Waals surface area contributed by atoms with Crippen LogP contribution in [-0.2, 0) is 0 Å². The van der Waals surface area contributed by atoms with E-state index in [1.54, 1.807) is 37.3 Å². The molecule has 144 valence electrons. The lowest BCUT2D eigenvalue weighted by molar-refractivity contribution is 0.0959. The van der Waals surface area contributed by atoms with Crippen molar-refractivity contribution in [3.05, 3.63) is 64.0 Å². The number of phenolic OH excluding ortho intramolecular Hbond substituents is 1. The number of thiophene rings is 1. The number of hydrogen-bond donors (Lipinski definition) is 3. The number of nitrogens with two attached hydrogens (primary N) is 1. The summed E-state index contributed by atoms with van der Waals surface area (Å²) in [6.45, 7) is 1.67. The molecule has 6 nitrogen and oxygen atoms in total. The van der Waals surface area contributed by atoms with Crippen LogP contribution in [0.3, 0.4) is 0 Å². The zero-order chi connectivity index (χ0) is 20.3. The number of ether oxygens (including phenoxy) is 1. The van der Waals surface area contributed by atoms with Gasteiger partial charge >= 0.3 is 0 Å². The number of carbonyl (C=O) groups excluding carboxylic acids is 1. The van der Waals surface area contributed by atoms with Gasteiger partial charge in [0, 0.05) is 15.5 Å². The lowest BCUT2D eigenvalue weighted by atomic mass is 10.1. The molecule has 0 aliphatic carbocycles. The number of rotatable bonds is 5. The number of phenols is 1. The van der Waals surface area contributed by atoms with E-state index in [1.807, 2.05) is 12.1 Å². The van der Waals surface area contributed by atoms with E-state index in [0.717, 1.165) is 10.4 Å². The first-order valence-electron chi connectivity index (χ1n) is 8.26. The van der Waals surface area contributed by atoms with Crippen LogP contribution in [0.2, 0.25) is 5.02 Å². The summed E-state index contributed by atoms with van der Waals surface area (Å²) < 4.78 is 5.15. The van der Waals surface area contributed by atoms with Crippen molar-refractivity contribution in [3.8, 4) is 21.9 Å². The van der Waals surface area contributed by atoms with Gasteiger partial charge in [-0.25, -0.2) is 5.43 Å². The van der Waals surface area contributed by atoms with Gasteiger partial charge in [-0.15, -0.1) is 11.3 Å². The Labute approximate surface area is 171 Å². The van der Waals surface area contributed by atoms with E-state index in [1.165, 1.54) is 24.5 Å². The van der Waals surface area contributed by atoms with E-state index in [4.69, 9.17) is 22.1 Å². The van der Waals surface area contributed by atoms with Crippen molar-refractivity contribution in [1.82, 2.24) is 5.43 Å². The largest absolute Gasteiger partial charge is 0.507 e. The first-order chi connectivity index (χ1) is 13.4. The van der Waals surface area contributed by atoms with Crippen LogP contribution in [-0.4, -0.2) is 23.8 Å². The Morgan fingerprint density at radius 3 is 2.61 bits per heavy atom. The predicted molar refractivity (Wildman–Crippen MR) is 114 cm³/mol. The average Bonchev–Trinajstić information content (AvgIpc) is 3.08. The maximum absolute atomic E-state index is 12.5. The number of aromatic hydroxyl groups is 1. The molecular weight excluding hydrogens is 398 g/mol. The van der Waals surface area contributed by atoms with Gasteiger partial charge in [-0.05, 0) is 48.9 Å². The van der Waals surface area contributed by atoms with Gasteiger partial charge in [0.25, 0.3) is 5.91 Å².